The molecule has 106 valence electrons. The molecule has 1 aromatic carbocycles. The van der Waals surface area contributed by atoms with Crippen LogP contribution in [0.2, 0.25) is 0 Å². The van der Waals surface area contributed by atoms with Gasteiger partial charge in [0.15, 0.2) is 6.10 Å². The fourth-order valence-electron chi connectivity index (χ4n) is 1.56. The summed E-state index contributed by atoms with van der Waals surface area (Å²) in [5.41, 5.74) is -0.995. The zero-order valence-electron chi connectivity index (χ0n) is 11.3. The number of rotatable bonds is 7. The Morgan fingerprint density at radius 2 is 1.89 bits per heavy atom. The van der Waals surface area contributed by atoms with Gasteiger partial charge in [0, 0.05) is 0 Å². The van der Waals surface area contributed by atoms with E-state index in [1.165, 1.54) is 0 Å². The number of benzene rings is 1. The maximum atomic E-state index is 12.0. The average molecular weight is 267 g/mol. The predicted octanol–water partition coefficient (Wildman–Crippen LogP) is 0.703. The van der Waals surface area contributed by atoms with E-state index in [1.807, 2.05) is 18.2 Å². The van der Waals surface area contributed by atoms with Gasteiger partial charge in [0.05, 0.1) is 18.8 Å². The van der Waals surface area contributed by atoms with Gasteiger partial charge in [-0.2, -0.15) is 0 Å². The lowest BCUT2D eigenvalue weighted by Gasteiger charge is -2.31. The van der Waals surface area contributed by atoms with Crippen molar-refractivity contribution in [3.05, 3.63) is 30.3 Å². The van der Waals surface area contributed by atoms with Gasteiger partial charge in [-0.1, -0.05) is 25.1 Å². The molecule has 1 rings (SSSR count). The molecule has 0 heterocycles. The summed E-state index contributed by atoms with van der Waals surface area (Å²) < 4.78 is 5.48. The third-order valence-electron chi connectivity index (χ3n) is 3.10. The highest BCUT2D eigenvalue weighted by Gasteiger charge is 2.30. The van der Waals surface area contributed by atoms with E-state index in [4.69, 9.17) is 4.74 Å². The highest BCUT2D eigenvalue weighted by atomic mass is 16.5. The minimum Gasteiger partial charge on any atom is -0.481 e. The van der Waals surface area contributed by atoms with E-state index in [2.05, 4.69) is 5.32 Å². The Hall–Kier alpha value is -1.59. The van der Waals surface area contributed by atoms with Crippen LogP contribution in [-0.2, 0) is 4.79 Å². The molecule has 0 aliphatic carbocycles. The summed E-state index contributed by atoms with van der Waals surface area (Å²) in [4.78, 5) is 12.0. The van der Waals surface area contributed by atoms with Crippen LogP contribution < -0.4 is 10.1 Å². The quantitative estimate of drug-likeness (QED) is 0.679. The number of carbonyl (C=O) groups is 1. The Kier molecular flexibility index (Phi) is 5.79. The maximum absolute atomic E-state index is 12.0. The fourth-order valence-corrected chi connectivity index (χ4v) is 1.56. The molecule has 1 amide bonds. The zero-order chi connectivity index (χ0) is 14.3. The standard InChI is InChI=1S/C14H21NO4/c1-3-14(9-16,10-17)15-13(18)11(2)19-12-7-5-4-6-8-12/h4-8,11,16-17H,3,9-10H2,1-2H3,(H,15,18). The topological polar surface area (TPSA) is 78.8 Å². The molecule has 0 aliphatic heterocycles. The van der Waals surface area contributed by atoms with Crippen molar-refractivity contribution >= 4 is 5.91 Å². The van der Waals surface area contributed by atoms with Crippen LogP contribution in [0.1, 0.15) is 20.3 Å². The van der Waals surface area contributed by atoms with Gasteiger partial charge in [0.25, 0.3) is 5.91 Å². The number of ether oxygens (including phenoxy) is 1. The smallest absolute Gasteiger partial charge is 0.261 e. The van der Waals surface area contributed by atoms with Crippen molar-refractivity contribution < 1.29 is 19.7 Å². The molecule has 3 N–H and O–H groups in total. The zero-order valence-corrected chi connectivity index (χ0v) is 11.3. The number of amides is 1. The molecule has 0 saturated heterocycles. The van der Waals surface area contributed by atoms with Crippen LogP contribution in [0.25, 0.3) is 0 Å². The number of carbonyl (C=O) groups excluding carboxylic acids is 1. The highest BCUT2D eigenvalue weighted by molar-refractivity contribution is 5.81. The minimum atomic E-state index is -0.995. The van der Waals surface area contributed by atoms with E-state index in [0.717, 1.165) is 0 Å². The number of hydrogen-bond acceptors (Lipinski definition) is 4. The molecular weight excluding hydrogens is 246 g/mol. The summed E-state index contributed by atoms with van der Waals surface area (Å²) in [7, 11) is 0. The van der Waals surface area contributed by atoms with Crippen molar-refractivity contribution in [3.8, 4) is 5.75 Å². The third kappa shape index (κ3) is 4.22. The second-order valence-electron chi connectivity index (χ2n) is 4.51. The van der Waals surface area contributed by atoms with E-state index < -0.39 is 11.6 Å². The number of hydrogen-bond donors (Lipinski definition) is 3. The molecule has 0 radical (unpaired) electrons. The Morgan fingerprint density at radius 1 is 1.32 bits per heavy atom. The van der Waals surface area contributed by atoms with Crippen LogP contribution in [0.4, 0.5) is 0 Å². The second-order valence-corrected chi connectivity index (χ2v) is 4.51. The summed E-state index contributed by atoms with van der Waals surface area (Å²) in [6.45, 7) is 2.78. The fraction of sp³-hybridized carbons (Fsp3) is 0.500. The predicted molar refractivity (Wildman–Crippen MR) is 71.9 cm³/mol. The van der Waals surface area contributed by atoms with Crippen LogP contribution in [0.3, 0.4) is 0 Å². The van der Waals surface area contributed by atoms with Gasteiger partial charge < -0.3 is 20.3 Å². The van der Waals surface area contributed by atoms with Gasteiger partial charge in [-0.3, -0.25) is 4.79 Å². The summed E-state index contributed by atoms with van der Waals surface area (Å²) in [6, 6.07) is 9.01. The number of nitrogens with one attached hydrogen (secondary N) is 1. The monoisotopic (exact) mass is 267 g/mol. The Morgan fingerprint density at radius 3 is 2.37 bits per heavy atom. The van der Waals surface area contributed by atoms with E-state index in [0.29, 0.717) is 12.2 Å². The molecular formula is C14H21NO4. The molecule has 1 unspecified atom stereocenters. The van der Waals surface area contributed by atoms with Crippen LogP contribution in [0.5, 0.6) is 5.75 Å². The second kappa shape index (κ2) is 7.11. The molecule has 0 aliphatic rings. The Labute approximate surface area is 113 Å². The molecule has 19 heavy (non-hydrogen) atoms. The normalized spacial score (nSPS) is 12.8. The van der Waals surface area contributed by atoms with Crippen molar-refractivity contribution in [3.63, 3.8) is 0 Å². The molecule has 0 aromatic heterocycles. The molecule has 0 spiro atoms. The Balaban J connectivity index is 2.62. The van der Waals surface area contributed by atoms with Crippen LogP contribution in [-0.4, -0.2) is 41.0 Å². The van der Waals surface area contributed by atoms with Gasteiger partial charge in [0.2, 0.25) is 0 Å². The summed E-state index contributed by atoms with van der Waals surface area (Å²) in [6.07, 6.45) is -0.268. The first kappa shape index (κ1) is 15.5. The molecule has 0 saturated carbocycles. The van der Waals surface area contributed by atoms with Gasteiger partial charge in [-0.05, 0) is 25.5 Å². The van der Waals surface area contributed by atoms with Crippen LogP contribution in [0, 0.1) is 0 Å². The van der Waals surface area contributed by atoms with Crippen molar-refractivity contribution in [1.82, 2.24) is 5.32 Å². The van der Waals surface area contributed by atoms with Crippen molar-refractivity contribution in [2.45, 2.75) is 31.9 Å². The van der Waals surface area contributed by atoms with Crippen LogP contribution in [0.15, 0.2) is 30.3 Å². The van der Waals surface area contributed by atoms with E-state index in [-0.39, 0.29) is 19.1 Å². The summed E-state index contributed by atoms with van der Waals surface area (Å²) in [5.74, 6) is 0.231. The number of aliphatic hydroxyl groups is 2. The molecule has 0 fully saturated rings. The largest absolute Gasteiger partial charge is 0.481 e. The number of aliphatic hydroxyl groups excluding tert-OH is 2. The first-order valence-electron chi connectivity index (χ1n) is 6.32. The molecule has 5 nitrogen and oxygen atoms in total. The minimum absolute atomic E-state index is 0.316. The molecule has 5 heteroatoms. The van der Waals surface area contributed by atoms with Crippen molar-refractivity contribution in [1.29, 1.82) is 0 Å². The lowest BCUT2D eigenvalue weighted by molar-refractivity contribution is -0.130. The van der Waals surface area contributed by atoms with Crippen LogP contribution >= 0.6 is 0 Å². The van der Waals surface area contributed by atoms with Gasteiger partial charge in [-0.25, -0.2) is 0 Å². The first-order chi connectivity index (χ1) is 9.06. The van der Waals surface area contributed by atoms with E-state index >= 15 is 0 Å². The molecule has 0 bridgehead atoms. The lowest BCUT2D eigenvalue weighted by atomic mass is 9.98. The SMILES string of the molecule is CCC(CO)(CO)NC(=O)C(C)Oc1ccccc1. The average Bonchev–Trinajstić information content (AvgIpc) is 2.45. The number of para-hydroxylation sites is 1. The van der Waals surface area contributed by atoms with E-state index in [1.54, 1.807) is 26.0 Å². The van der Waals surface area contributed by atoms with Gasteiger partial charge in [0.1, 0.15) is 5.75 Å². The first-order valence-corrected chi connectivity index (χ1v) is 6.32. The van der Waals surface area contributed by atoms with Gasteiger partial charge in [-0.15, -0.1) is 0 Å². The van der Waals surface area contributed by atoms with Gasteiger partial charge >= 0.3 is 0 Å². The lowest BCUT2D eigenvalue weighted by Crippen LogP contribution is -2.56. The highest BCUT2D eigenvalue weighted by Crippen LogP contribution is 2.13. The maximum Gasteiger partial charge on any atom is 0.261 e. The third-order valence-corrected chi connectivity index (χ3v) is 3.10. The van der Waals surface area contributed by atoms with Crippen molar-refractivity contribution in [2.75, 3.05) is 13.2 Å². The molecule has 1 aromatic rings. The van der Waals surface area contributed by atoms with E-state index in [9.17, 15) is 15.0 Å². The molecule has 1 atom stereocenters. The Bertz CT molecular complexity index is 381. The van der Waals surface area contributed by atoms with Crippen molar-refractivity contribution in [2.24, 2.45) is 0 Å². The summed E-state index contributed by atoms with van der Waals surface area (Å²) in [5, 5.41) is 21.2. The summed E-state index contributed by atoms with van der Waals surface area (Å²) >= 11 is 0.